The van der Waals surface area contributed by atoms with E-state index in [2.05, 4.69) is 72.4 Å². The molecule has 0 aliphatic carbocycles. The van der Waals surface area contributed by atoms with Gasteiger partial charge in [-0.1, -0.05) is 96.8 Å². The van der Waals surface area contributed by atoms with Crippen molar-refractivity contribution < 1.29 is 36.1 Å². The molecule has 0 aromatic heterocycles. The van der Waals surface area contributed by atoms with Gasteiger partial charge in [-0.3, -0.25) is 0 Å². The van der Waals surface area contributed by atoms with Crippen LogP contribution in [0.4, 0.5) is 0 Å². The van der Waals surface area contributed by atoms with Crippen molar-refractivity contribution in [2.75, 3.05) is 33.0 Å². The largest absolute Gasteiger partial charge is 0.437 e. The van der Waals surface area contributed by atoms with Crippen LogP contribution in [0.15, 0.2) is 0 Å². The molecule has 0 amide bonds. The normalized spacial score (nSPS) is 16.2. The van der Waals surface area contributed by atoms with Gasteiger partial charge in [0.2, 0.25) is 0 Å². The Hall–Kier alpha value is 0.764. The van der Waals surface area contributed by atoms with Crippen LogP contribution in [0, 0.1) is 0 Å². The highest BCUT2D eigenvalue weighted by molar-refractivity contribution is 6.90. The molecule has 290 valence electrons. The molecule has 0 fully saturated rings. The minimum absolute atomic E-state index is 0.151. The van der Waals surface area contributed by atoms with Crippen molar-refractivity contribution in [1.82, 2.24) is 0 Å². The Morgan fingerprint density at radius 1 is 0.458 bits per heavy atom. The van der Waals surface area contributed by atoms with E-state index in [0.717, 1.165) is 31.4 Å². The lowest BCUT2D eigenvalue weighted by Crippen LogP contribution is -2.60. The first-order valence-electron chi connectivity index (χ1n) is 19.6. The second-order valence-corrected chi connectivity index (χ2v) is 36.7. The highest BCUT2D eigenvalue weighted by Gasteiger charge is 2.48. The molecule has 3 atom stereocenters. The third-order valence-electron chi connectivity index (χ3n) is 7.97. The predicted molar refractivity (Wildman–Crippen MR) is 216 cm³/mol. The topological polar surface area (TPSA) is 95.8 Å². The van der Waals surface area contributed by atoms with E-state index in [4.69, 9.17) is 31.0 Å². The van der Waals surface area contributed by atoms with Crippen molar-refractivity contribution in [2.45, 2.75) is 193 Å². The molecular formula is C35H82O8Si5. The van der Waals surface area contributed by atoms with Crippen LogP contribution in [0.5, 0.6) is 0 Å². The van der Waals surface area contributed by atoms with Gasteiger partial charge >= 0.3 is 25.7 Å². The molecule has 8 nitrogen and oxygen atoms in total. The summed E-state index contributed by atoms with van der Waals surface area (Å²) in [5.74, 6) is 0. The number of unbranched alkanes of at least 4 members (excludes halogenated alkanes) is 13. The fourth-order valence-electron chi connectivity index (χ4n) is 6.40. The van der Waals surface area contributed by atoms with Gasteiger partial charge in [-0.25, -0.2) is 0 Å². The summed E-state index contributed by atoms with van der Waals surface area (Å²) in [6.07, 6.45) is 19.8. The maximum atomic E-state index is 9.39. The van der Waals surface area contributed by atoms with E-state index >= 15 is 0 Å². The number of aliphatic hydroxyl groups is 2. The van der Waals surface area contributed by atoms with Gasteiger partial charge < -0.3 is 36.1 Å². The zero-order chi connectivity index (χ0) is 36.6. The number of hydrogen-bond donors (Lipinski definition) is 2. The van der Waals surface area contributed by atoms with Crippen LogP contribution in [0.3, 0.4) is 0 Å². The summed E-state index contributed by atoms with van der Waals surface area (Å²) in [5, 5.41) is 18.3. The molecule has 13 heteroatoms. The average Bonchev–Trinajstić information content (AvgIpc) is 2.93. The molecule has 0 aromatic carbocycles. The van der Waals surface area contributed by atoms with Gasteiger partial charge in [0.1, 0.15) is 6.10 Å². The molecular weight excluding hydrogens is 689 g/mol. The maximum Gasteiger partial charge on any atom is 0.317 e. The number of hydrogen-bond acceptors (Lipinski definition) is 8. The molecule has 3 unspecified atom stereocenters. The zero-order valence-corrected chi connectivity index (χ0v) is 38.7. The van der Waals surface area contributed by atoms with E-state index in [1.165, 1.54) is 83.5 Å². The number of ether oxygens (including phenoxy) is 2. The molecule has 0 spiro atoms. The summed E-state index contributed by atoms with van der Waals surface area (Å²) in [6.45, 7) is 26.4. The van der Waals surface area contributed by atoms with E-state index in [1.807, 2.05) is 0 Å². The molecule has 0 heterocycles. The molecule has 2 N–H and O–H groups in total. The lowest BCUT2D eigenvalue weighted by atomic mass is 10.0. The van der Waals surface area contributed by atoms with E-state index < -0.39 is 48.4 Å². The third-order valence-corrected chi connectivity index (χ3v) is 26.2. The Morgan fingerprint density at radius 2 is 0.875 bits per heavy atom. The van der Waals surface area contributed by atoms with Crippen molar-refractivity contribution in [3.05, 3.63) is 0 Å². The Labute approximate surface area is 303 Å². The van der Waals surface area contributed by atoms with Gasteiger partial charge in [-0.15, -0.1) is 0 Å². The fraction of sp³-hybridized carbons (Fsp3) is 1.00. The van der Waals surface area contributed by atoms with Crippen LogP contribution in [0.25, 0.3) is 0 Å². The van der Waals surface area contributed by atoms with E-state index in [0.29, 0.717) is 19.8 Å². The van der Waals surface area contributed by atoms with Gasteiger partial charge in [0.25, 0.3) is 0 Å². The molecule has 0 aliphatic rings. The van der Waals surface area contributed by atoms with Gasteiger partial charge in [0.15, 0.2) is 16.6 Å². The van der Waals surface area contributed by atoms with Crippen molar-refractivity contribution in [3.63, 3.8) is 0 Å². The summed E-state index contributed by atoms with van der Waals surface area (Å²) >= 11 is 0. The van der Waals surface area contributed by atoms with Crippen molar-refractivity contribution >= 4 is 42.3 Å². The molecule has 0 rings (SSSR count). The smallest absolute Gasteiger partial charge is 0.317 e. The quantitative estimate of drug-likeness (QED) is 0.0493. The third kappa shape index (κ3) is 30.4. The lowest BCUT2D eigenvalue weighted by Gasteiger charge is -2.44. The maximum absolute atomic E-state index is 9.39. The first-order chi connectivity index (χ1) is 22.3. The van der Waals surface area contributed by atoms with E-state index in [9.17, 15) is 5.11 Å². The average molecular weight is 771 g/mol. The van der Waals surface area contributed by atoms with Gasteiger partial charge in [-0.2, -0.15) is 0 Å². The van der Waals surface area contributed by atoms with Gasteiger partial charge in [-0.05, 0) is 90.4 Å². The minimum Gasteiger partial charge on any atom is -0.437 e. The summed E-state index contributed by atoms with van der Waals surface area (Å²) in [5.41, 5.74) is 0. The molecule has 0 aliphatic heterocycles. The number of aliphatic hydroxyl groups excluding tert-OH is 2. The molecule has 0 saturated heterocycles. The van der Waals surface area contributed by atoms with Crippen molar-refractivity contribution in [3.8, 4) is 0 Å². The fourth-order valence-corrected chi connectivity index (χ4v) is 30.2. The standard InChI is InChI=1S/C35H82O8Si5/c1-12-13-14-15-16-17-18-19-20-21-22-23-24-25-31-48(11,42-46(8,9)40-44(2,3)4)43-47(10,41-45(5,6)7)32-27-30-38-28-26-29-39-34-35(37)33-36/h35-37H,12-34H2,1-11H3. The molecule has 0 radical (unpaired) electrons. The molecule has 48 heavy (non-hydrogen) atoms. The minimum atomic E-state index is -2.60. The van der Waals surface area contributed by atoms with Crippen LogP contribution in [0.2, 0.25) is 77.6 Å². The Morgan fingerprint density at radius 3 is 1.35 bits per heavy atom. The zero-order valence-electron chi connectivity index (χ0n) is 33.7. The highest BCUT2D eigenvalue weighted by atomic mass is 28.5. The van der Waals surface area contributed by atoms with Crippen LogP contribution < -0.4 is 0 Å². The monoisotopic (exact) mass is 770 g/mol. The second-order valence-electron chi connectivity index (χ2n) is 16.6. The SMILES string of the molecule is CCCCCCCCCCCCCCCC[Si](C)(O[Si](C)(C)O[Si](C)(C)C)O[Si](C)(CCCOCCCOCC(O)CO)O[Si](C)(C)C. The van der Waals surface area contributed by atoms with Crippen LogP contribution in [-0.4, -0.2) is 91.7 Å². The van der Waals surface area contributed by atoms with Crippen molar-refractivity contribution in [2.24, 2.45) is 0 Å². The Bertz CT molecular complexity index is 768. The number of rotatable bonds is 34. The first-order valence-corrected chi connectivity index (χ1v) is 34.3. The van der Waals surface area contributed by atoms with Gasteiger partial charge in [0, 0.05) is 19.8 Å². The molecule has 0 bridgehead atoms. The Kier molecular flexibility index (Phi) is 26.9. The predicted octanol–water partition coefficient (Wildman–Crippen LogP) is 10.2. The highest BCUT2D eigenvalue weighted by Crippen LogP contribution is 2.32. The summed E-state index contributed by atoms with van der Waals surface area (Å²) in [4.78, 5) is 0. The summed E-state index contributed by atoms with van der Waals surface area (Å²) in [6, 6.07) is 1.85. The lowest BCUT2D eigenvalue weighted by molar-refractivity contribution is -0.000419. The van der Waals surface area contributed by atoms with Gasteiger partial charge in [0.05, 0.1) is 13.2 Å². The molecule has 0 saturated carbocycles. The van der Waals surface area contributed by atoms with Crippen LogP contribution in [0.1, 0.15) is 110 Å². The van der Waals surface area contributed by atoms with Crippen molar-refractivity contribution in [1.29, 1.82) is 0 Å². The van der Waals surface area contributed by atoms with Crippen LogP contribution in [-0.2, 0) is 25.9 Å². The molecule has 0 aromatic rings. The van der Waals surface area contributed by atoms with E-state index in [1.54, 1.807) is 0 Å². The van der Waals surface area contributed by atoms with Crippen LogP contribution >= 0.6 is 0 Å². The Balaban J connectivity index is 5.04. The summed E-state index contributed by atoms with van der Waals surface area (Å²) < 4.78 is 39.3. The first kappa shape index (κ1) is 48.8. The van der Waals surface area contributed by atoms with E-state index in [-0.39, 0.29) is 13.2 Å². The second kappa shape index (κ2) is 26.5. The summed E-state index contributed by atoms with van der Waals surface area (Å²) in [7, 11) is -11.2.